The summed E-state index contributed by atoms with van der Waals surface area (Å²) in [6, 6.07) is -0.326. The van der Waals surface area contributed by atoms with Crippen LogP contribution < -0.4 is 5.32 Å². The first-order chi connectivity index (χ1) is 9.98. The SMILES string of the molecule is COCCCN1C(=O)C(C2CCCCC2)NC(=O)C1(C)C. The van der Waals surface area contributed by atoms with Gasteiger partial charge in [0.05, 0.1) is 0 Å². The number of rotatable bonds is 5. The van der Waals surface area contributed by atoms with Crippen molar-refractivity contribution in [3.63, 3.8) is 0 Å². The Morgan fingerprint density at radius 3 is 2.52 bits per heavy atom. The largest absolute Gasteiger partial charge is 0.385 e. The molecule has 2 aliphatic rings. The number of ether oxygens (including phenoxy) is 1. The minimum Gasteiger partial charge on any atom is -0.385 e. The topological polar surface area (TPSA) is 58.6 Å². The average Bonchev–Trinajstić information content (AvgIpc) is 2.47. The highest BCUT2D eigenvalue weighted by molar-refractivity contribution is 5.99. The highest BCUT2D eigenvalue weighted by Gasteiger charge is 2.48. The Kier molecular flexibility index (Phi) is 5.25. The van der Waals surface area contributed by atoms with Gasteiger partial charge in [0, 0.05) is 20.3 Å². The molecule has 2 fully saturated rings. The van der Waals surface area contributed by atoms with Gasteiger partial charge >= 0.3 is 0 Å². The van der Waals surface area contributed by atoms with Crippen LogP contribution in [0.3, 0.4) is 0 Å². The lowest BCUT2D eigenvalue weighted by molar-refractivity contribution is -0.157. The number of hydrogen-bond donors (Lipinski definition) is 1. The highest BCUT2D eigenvalue weighted by Crippen LogP contribution is 2.31. The van der Waals surface area contributed by atoms with Crippen molar-refractivity contribution in [2.24, 2.45) is 5.92 Å². The number of nitrogens with one attached hydrogen (secondary N) is 1. The molecule has 2 rings (SSSR count). The normalized spacial score (nSPS) is 26.8. The third-order valence-electron chi connectivity index (χ3n) is 4.90. The summed E-state index contributed by atoms with van der Waals surface area (Å²) in [4.78, 5) is 27.0. The van der Waals surface area contributed by atoms with Crippen LogP contribution in [0.4, 0.5) is 0 Å². The molecular weight excluding hydrogens is 268 g/mol. The van der Waals surface area contributed by atoms with Gasteiger partial charge in [-0.2, -0.15) is 0 Å². The second-order valence-corrected chi connectivity index (χ2v) is 6.74. The van der Waals surface area contributed by atoms with E-state index in [2.05, 4.69) is 5.32 Å². The predicted molar refractivity (Wildman–Crippen MR) is 80.8 cm³/mol. The first kappa shape index (κ1) is 16.3. The zero-order chi connectivity index (χ0) is 15.5. The van der Waals surface area contributed by atoms with Gasteiger partial charge in [-0.05, 0) is 39.0 Å². The van der Waals surface area contributed by atoms with Crippen LogP contribution >= 0.6 is 0 Å². The maximum absolute atomic E-state index is 12.9. The zero-order valence-corrected chi connectivity index (χ0v) is 13.5. The second-order valence-electron chi connectivity index (χ2n) is 6.74. The number of carbonyl (C=O) groups excluding carboxylic acids is 2. The summed E-state index contributed by atoms with van der Waals surface area (Å²) in [5.41, 5.74) is -0.768. The van der Waals surface area contributed by atoms with Crippen LogP contribution in [-0.2, 0) is 14.3 Å². The van der Waals surface area contributed by atoms with E-state index in [9.17, 15) is 9.59 Å². The summed E-state index contributed by atoms with van der Waals surface area (Å²) in [5, 5.41) is 2.99. The van der Waals surface area contributed by atoms with Crippen LogP contribution in [0.15, 0.2) is 0 Å². The Hall–Kier alpha value is -1.10. The number of nitrogens with zero attached hydrogens (tertiary/aromatic N) is 1. The summed E-state index contributed by atoms with van der Waals surface area (Å²) >= 11 is 0. The smallest absolute Gasteiger partial charge is 0.246 e. The average molecular weight is 296 g/mol. The first-order valence-electron chi connectivity index (χ1n) is 8.10. The molecule has 1 saturated carbocycles. The maximum Gasteiger partial charge on any atom is 0.246 e. The fourth-order valence-electron chi connectivity index (χ4n) is 3.49. The Morgan fingerprint density at radius 1 is 1.24 bits per heavy atom. The Morgan fingerprint density at radius 2 is 1.90 bits per heavy atom. The van der Waals surface area contributed by atoms with Crippen molar-refractivity contribution < 1.29 is 14.3 Å². The van der Waals surface area contributed by atoms with Gasteiger partial charge in [0.15, 0.2) is 0 Å². The third kappa shape index (κ3) is 3.39. The van der Waals surface area contributed by atoms with Gasteiger partial charge < -0.3 is 15.0 Å². The molecule has 2 amide bonds. The summed E-state index contributed by atoms with van der Waals surface area (Å²) in [5.74, 6) is 0.355. The van der Waals surface area contributed by atoms with Crippen molar-refractivity contribution in [2.75, 3.05) is 20.3 Å². The molecule has 1 aliphatic carbocycles. The number of methoxy groups -OCH3 is 1. The van der Waals surface area contributed by atoms with Gasteiger partial charge in [0.2, 0.25) is 11.8 Å². The molecule has 1 unspecified atom stereocenters. The monoisotopic (exact) mass is 296 g/mol. The molecule has 0 radical (unpaired) electrons. The quantitative estimate of drug-likeness (QED) is 0.786. The van der Waals surface area contributed by atoms with Gasteiger partial charge in [0.1, 0.15) is 11.6 Å². The first-order valence-corrected chi connectivity index (χ1v) is 8.10. The predicted octanol–water partition coefficient (Wildman–Crippen LogP) is 1.71. The molecule has 0 bridgehead atoms. The van der Waals surface area contributed by atoms with Crippen molar-refractivity contribution in [3.05, 3.63) is 0 Å². The number of piperazine rings is 1. The second kappa shape index (κ2) is 6.77. The van der Waals surface area contributed by atoms with Gasteiger partial charge in [-0.25, -0.2) is 0 Å². The Labute approximate surface area is 127 Å². The van der Waals surface area contributed by atoms with Crippen LogP contribution in [0.2, 0.25) is 0 Å². The molecule has 1 aliphatic heterocycles. The summed E-state index contributed by atoms with van der Waals surface area (Å²) < 4.78 is 5.07. The van der Waals surface area contributed by atoms with E-state index >= 15 is 0 Å². The van der Waals surface area contributed by atoms with Crippen LogP contribution in [0.25, 0.3) is 0 Å². The minimum atomic E-state index is -0.768. The molecular formula is C16H28N2O3. The molecule has 0 aromatic carbocycles. The summed E-state index contributed by atoms with van der Waals surface area (Å²) in [6.07, 6.45) is 6.42. The van der Waals surface area contributed by atoms with Crippen LogP contribution in [0.1, 0.15) is 52.4 Å². The lowest BCUT2D eigenvalue weighted by atomic mass is 9.81. The molecule has 1 N–H and O–H groups in total. The van der Waals surface area contributed by atoms with Gasteiger partial charge in [-0.3, -0.25) is 9.59 Å². The highest BCUT2D eigenvalue weighted by atomic mass is 16.5. The van der Waals surface area contributed by atoms with Gasteiger partial charge in [0.25, 0.3) is 0 Å². The van der Waals surface area contributed by atoms with E-state index in [-0.39, 0.29) is 17.9 Å². The lowest BCUT2D eigenvalue weighted by Crippen LogP contribution is -2.70. The molecule has 1 heterocycles. The summed E-state index contributed by atoms with van der Waals surface area (Å²) in [6.45, 7) is 4.83. The third-order valence-corrected chi connectivity index (χ3v) is 4.90. The van der Waals surface area contributed by atoms with E-state index < -0.39 is 5.54 Å². The lowest BCUT2D eigenvalue weighted by Gasteiger charge is -2.46. The van der Waals surface area contributed by atoms with E-state index in [1.807, 2.05) is 13.8 Å². The summed E-state index contributed by atoms with van der Waals surface area (Å²) in [7, 11) is 1.65. The van der Waals surface area contributed by atoms with Crippen molar-refractivity contribution in [3.8, 4) is 0 Å². The van der Waals surface area contributed by atoms with E-state index in [4.69, 9.17) is 4.74 Å². The van der Waals surface area contributed by atoms with E-state index in [1.54, 1.807) is 12.0 Å². The van der Waals surface area contributed by atoms with Gasteiger partial charge in [-0.1, -0.05) is 19.3 Å². The standard InChI is InChI=1S/C16H28N2O3/c1-16(2)15(20)17-13(12-8-5-4-6-9-12)14(19)18(16)10-7-11-21-3/h12-13H,4-11H2,1-3H3,(H,17,20). The molecule has 1 atom stereocenters. The van der Waals surface area contributed by atoms with E-state index in [0.717, 1.165) is 32.1 Å². The van der Waals surface area contributed by atoms with Crippen LogP contribution in [-0.4, -0.2) is 48.6 Å². The Bertz CT molecular complexity index is 389. The number of amides is 2. The molecule has 0 spiro atoms. The molecule has 21 heavy (non-hydrogen) atoms. The number of hydrogen-bond acceptors (Lipinski definition) is 3. The zero-order valence-electron chi connectivity index (χ0n) is 13.5. The molecule has 120 valence electrons. The molecule has 0 aromatic heterocycles. The fraction of sp³-hybridized carbons (Fsp3) is 0.875. The van der Waals surface area contributed by atoms with E-state index in [0.29, 0.717) is 19.1 Å². The minimum absolute atomic E-state index is 0.0323. The molecule has 5 nitrogen and oxygen atoms in total. The van der Waals surface area contributed by atoms with Crippen molar-refractivity contribution >= 4 is 11.8 Å². The molecule has 0 aromatic rings. The fourth-order valence-corrected chi connectivity index (χ4v) is 3.49. The van der Waals surface area contributed by atoms with Crippen LogP contribution in [0.5, 0.6) is 0 Å². The van der Waals surface area contributed by atoms with Crippen molar-refractivity contribution in [2.45, 2.75) is 64.0 Å². The van der Waals surface area contributed by atoms with Crippen molar-refractivity contribution in [1.82, 2.24) is 10.2 Å². The molecule has 5 heteroatoms. The molecule has 1 saturated heterocycles. The van der Waals surface area contributed by atoms with Crippen LogP contribution in [0, 0.1) is 5.92 Å². The number of carbonyl (C=O) groups is 2. The van der Waals surface area contributed by atoms with E-state index in [1.165, 1.54) is 6.42 Å². The van der Waals surface area contributed by atoms with Crippen molar-refractivity contribution in [1.29, 1.82) is 0 Å². The Balaban J connectivity index is 2.11. The maximum atomic E-state index is 12.9. The van der Waals surface area contributed by atoms with Gasteiger partial charge in [-0.15, -0.1) is 0 Å².